The van der Waals surface area contributed by atoms with Crippen LogP contribution in [0.1, 0.15) is 27.8 Å². The molecule has 0 bridgehead atoms. The second-order valence-electron chi connectivity index (χ2n) is 7.14. The zero-order valence-electron chi connectivity index (χ0n) is 16.0. The van der Waals surface area contributed by atoms with Gasteiger partial charge in [0.15, 0.2) is 0 Å². The molecule has 3 aromatic rings. The molecule has 1 aromatic carbocycles. The van der Waals surface area contributed by atoms with Crippen LogP contribution in [0.25, 0.3) is 0 Å². The first-order chi connectivity index (χ1) is 14.2. The van der Waals surface area contributed by atoms with Crippen LogP contribution >= 0.6 is 11.3 Å². The molecule has 1 aliphatic rings. The lowest BCUT2D eigenvalue weighted by atomic mass is 9.98. The normalized spacial score (nSPS) is 16.6. The Kier molecular flexibility index (Phi) is 6.07. The molecule has 2 atom stereocenters. The van der Waals surface area contributed by atoms with Gasteiger partial charge in [-0.3, -0.25) is 9.59 Å². The fourth-order valence-electron chi connectivity index (χ4n) is 3.77. The van der Waals surface area contributed by atoms with Crippen molar-refractivity contribution in [2.45, 2.75) is 25.6 Å². The van der Waals surface area contributed by atoms with E-state index in [1.54, 1.807) is 23.5 Å². The monoisotopic (exact) mass is 410 g/mol. The van der Waals surface area contributed by atoms with Gasteiger partial charge in [-0.25, -0.2) is 0 Å². The minimum atomic E-state index is -0.648. The fraction of sp³-hybridized carbons (Fsp3) is 0.273. The van der Waals surface area contributed by atoms with E-state index in [9.17, 15) is 9.59 Å². The molecule has 3 N–H and O–H groups in total. The van der Waals surface area contributed by atoms with Gasteiger partial charge in [0.1, 0.15) is 18.3 Å². The van der Waals surface area contributed by atoms with Gasteiger partial charge in [0.2, 0.25) is 0 Å². The lowest BCUT2D eigenvalue weighted by Gasteiger charge is -2.32. The van der Waals surface area contributed by atoms with Crippen LogP contribution in [0.2, 0.25) is 0 Å². The minimum absolute atomic E-state index is 0.116. The molecule has 0 spiro atoms. The smallest absolute Gasteiger partial charge is 0.309 e. The van der Waals surface area contributed by atoms with E-state index >= 15 is 0 Å². The summed E-state index contributed by atoms with van der Waals surface area (Å²) in [5.41, 5.74) is 2.76. The Balaban J connectivity index is 1.38. The van der Waals surface area contributed by atoms with E-state index in [4.69, 9.17) is 4.42 Å². The maximum atomic E-state index is 12.3. The van der Waals surface area contributed by atoms with Crippen molar-refractivity contribution in [2.24, 2.45) is 0 Å². The maximum Gasteiger partial charge on any atom is 0.309 e. The molecular weight excluding hydrogens is 386 g/mol. The number of fused-ring (bicyclic) bond motifs is 1. The number of carbonyl (C=O) groups excluding carboxylic acids is 2. The van der Waals surface area contributed by atoms with Crippen LogP contribution in [0.3, 0.4) is 0 Å². The zero-order valence-corrected chi connectivity index (χ0v) is 16.8. The molecule has 2 aromatic heterocycles. The molecule has 0 saturated carbocycles. The number of amides is 2. The molecule has 2 amide bonds. The predicted octanol–water partition coefficient (Wildman–Crippen LogP) is 1.46. The second kappa shape index (κ2) is 9.07. The number of nitrogens with one attached hydrogen (secondary N) is 3. The Morgan fingerprint density at radius 1 is 1.03 bits per heavy atom. The van der Waals surface area contributed by atoms with Crippen LogP contribution < -0.4 is 15.5 Å². The van der Waals surface area contributed by atoms with Crippen molar-refractivity contribution in [3.05, 3.63) is 81.9 Å². The van der Waals surface area contributed by atoms with E-state index < -0.39 is 11.8 Å². The van der Waals surface area contributed by atoms with Gasteiger partial charge in [0, 0.05) is 12.0 Å². The molecule has 0 fully saturated rings. The van der Waals surface area contributed by atoms with Gasteiger partial charge in [-0.1, -0.05) is 30.3 Å². The molecule has 7 heteroatoms. The molecule has 6 nitrogen and oxygen atoms in total. The average molecular weight is 411 g/mol. The first kappa shape index (κ1) is 19.4. The molecule has 4 rings (SSSR count). The summed E-state index contributed by atoms with van der Waals surface area (Å²) in [5.74, 6) is -0.653. The Morgan fingerprint density at radius 3 is 2.62 bits per heavy atom. The summed E-state index contributed by atoms with van der Waals surface area (Å²) in [5, 5.41) is 7.47. The van der Waals surface area contributed by atoms with Gasteiger partial charge in [0.25, 0.3) is 0 Å². The molecule has 0 aliphatic carbocycles. The SMILES string of the molecule is O=C(NCc1ccco1)C(=O)NC[C@@H](c1cccs1)[NH+]1CCc2ccccc2C1. The predicted molar refractivity (Wildman–Crippen MR) is 110 cm³/mol. The first-order valence-electron chi connectivity index (χ1n) is 9.74. The number of thiophene rings is 1. The van der Waals surface area contributed by atoms with Gasteiger partial charge in [-0.15, -0.1) is 11.3 Å². The molecule has 0 radical (unpaired) electrons. The van der Waals surface area contributed by atoms with Crippen molar-refractivity contribution in [1.29, 1.82) is 0 Å². The quantitative estimate of drug-likeness (QED) is 0.539. The summed E-state index contributed by atoms with van der Waals surface area (Å²) >= 11 is 1.69. The van der Waals surface area contributed by atoms with Gasteiger partial charge >= 0.3 is 11.8 Å². The maximum absolute atomic E-state index is 12.3. The number of rotatable bonds is 6. The minimum Gasteiger partial charge on any atom is -0.467 e. The van der Waals surface area contributed by atoms with Gasteiger partial charge in [-0.2, -0.15) is 0 Å². The van der Waals surface area contributed by atoms with E-state index in [0.29, 0.717) is 12.3 Å². The van der Waals surface area contributed by atoms with Crippen LogP contribution in [-0.4, -0.2) is 24.9 Å². The second-order valence-corrected chi connectivity index (χ2v) is 8.12. The number of furan rings is 1. The standard InChI is InChI=1S/C22H23N3O3S/c26-21(23-13-18-7-3-11-28-18)22(27)24-14-19(20-8-4-12-29-20)25-10-9-16-5-1-2-6-17(16)15-25/h1-8,11-12,19H,9-10,13-15H2,(H,23,26)(H,24,27)/p+1/t19-/m0/s1. The van der Waals surface area contributed by atoms with E-state index in [1.807, 2.05) is 6.07 Å². The van der Waals surface area contributed by atoms with Crippen LogP contribution in [0.5, 0.6) is 0 Å². The summed E-state index contributed by atoms with van der Waals surface area (Å²) in [4.78, 5) is 27.0. The number of quaternary nitrogens is 1. The van der Waals surface area contributed by atoms with E-state index in [2.05, 4.69) is 46.3 Å². The molecule has 3 heterocycles. The van der Waals surface area contributed by atoms with Crippen molar-refractivity contribution >= 4 is 23.2 Å². The topological polar surface area (TPSA) is 75.8 Å². The molecule has 150 valence electrons. The van der Waals surface area contributed by atoms with Crippen molar-refractivity contribution in [3.8, 4) is 0 Å². The summed E-state index contributed by atoms with van der Waals surface area (Å²) in [6, 6.07) is 16.3. The third kappa shape index (κ3) is 4.75. The number of hydrogen-bond donors (Lipinski definition) is 3. The number of benzene rings is 1. The van der Waals surface area contributed by atoms with Gasteiger partial charge in [0.05, 0.1) is 30.8 Å². The molecule has 29 heavy (non-hydrogen) atoms. The number of hydrogen-bond acceptors (Lipinski definition) is 4. The van der Waals surface area contributed by atoms with Crippen LogP contribution in [-0.2, 0) is 29.1 Å². The van der Waals surface area contributed by atoms with Crippen LogP contribution in [0.4, 0.5) is 0 Å². The largest absolute Gasteiger partial charge is 0.467 e. The third-order valence-corrected chi connectivity index (χ3v) is 6.29. The molecule has 1 aliphatic heterocycles. The van der Waals surface area contributed by atoms with E-state index in [-0.39, 0.29) is 12.6 Å². The first-order valence-corrected chi connectivity index (χ1v) is 10.6. The Bertz CT molecular complexity index is 954. The third-order valence-electron chi connectivity index (χ3n) is 5.31. The highest BCUT2D eigenvalue weighted by Crippen LogP contribution is 2.19. The summed E-state index contributed by atoms with van der Waals surface area (Å²) in [7, 11) is 0. The van der Waals surface area contributed by atoms with Crippen molar-refractivity contribution < 1.29 is 18.9 Å². The van der Waals surface area contributed by atoms with E-state index in [1.165, 1.54) is 27.2 Å². The highest BCUT2D eigenvalue weighted by molar-refractivity contribution is 7.10. The fourth-order valence-corrected chi connectivity index (χ4v) is 4.66. The Labute approximate surface area is 173 Å². The highest BCUT2D eigenvalue weighted by atomic mass is 32.1. The summed E-state index contributed by atoms with van der Waals surface area (Å²) in [6.45, 7) is 2.53. The van der Waals surface area contributed by atoms with Crippen molar-refractivity contribution in [3.63, 3.8) is 0 Å². The Hall–Kier alpha value is -2.90. The number of carbonyl (C=O) groups is 2. The van der Waals surface area contributed by atoms with Crippen LogP contribution in [0.15, 0.2) is 64.6 Å². The van der Waals surface area contributed by atoms with Crippen LogP contribution in [0, 0.1) is 0 Å². The van der Waals surface area contributed by atoms with Gasteiger partial charge in [-0.05, 0) is 29.1 Å². The van der Waals surface area contributed by atoms with Crippen molar-refractivity contribution in [1.82, 2.24) is 10.6 Å². The Morgan fingerprint density at radius 2 is 1.86 bits per heavy atom. The van der Waals surface area contributed by atoms with Gasteiger partial charge < -0.3 is 20.0 Å². The summed E-state index contributed by atoms with van der Waals surface area (Å²) < 4.78 is 5.17. The lowest BCUT2D eigenvalue weighted by Crippen LogP contribution is -3.12. The van der Waals surface area contributed by atoms with E-state index in [0.717, 1.165) is 19.5 Å². The van der Waals surface area contributed by atoms with Crippen molar-refractivity contribution in [2.75, 3.05) is 13.1 Å². The molecule has 0 saturated heterocycles. The lowest BCUT2D eigenvalue weighted by molar-refractivity contribution is -0.945. The summed E-state index contributed by atoms with van der Waals surface area (Å²) in [6.07, 6.45) is 2.55. The highest BCUT2D eigenvalue weighted by Gasteiger charge is 2.30. The molecule has 1 unspecified atom stereocenters. The molecular formula is C22H24N3O3S+. The average Bonchev–Trinajstić information content (AvgIpc) is 3.46. The zero-order chi connectivity index (χ0) is 20.1.